The molecule has 0 bridgehead atoms. The van der Waals surface area contributed by atoms with Crippen molar-refractivity contribution >= 4 is 5.69 Å². The van der Waals surface area contributed by atoms with Gasteiger partial charge in [-0.05, 0) is 30.3 Å². The summed E-state index contributed by atoms with van der Waals surface area (Å²) in [7, 11) is 3.24. The molecule has 1 aromatic carbocycles. The molecule has 96 valence electrons. The Morgan fingerprint density at radius 2 is 1.94 bits per heavy atom. The van der Waals surface area contributed by atoms with Gasteiger partial charge in [0.1, 0.15) is 0 Å². The van der Waals surface area contributed by atoms with Crippen molar-refractivity contribution in [2.75, 3.05) is 26.1 Å². The van der Waals surface area contributed by atoms with Gasteiger partial charge in [-0.2, -0.15) is 5.10 Å². The molecule has 0 radical (unpaired) electrons. The summed E-state index contributed by atoms with van der Waals surface area (Å²) in [5, 5.41) is 7.41. The molecule has 0 unspecified atom stereocenters. The van der Waals surface area contributed by atoms with Gasteiger partial charge in [0.2, 0.25) is 0 Å². The first-order valence-electron chi connectivity index (χ1n) is 5.73. The maximum Gasteiger partial charge on any atom is 0.173 e. The molecular weight excluding hydrogens is 230 g/mol. The van der Waals surface area contributed by atoms with Gasteiger partial charge in [-0.3, -0.25) is 0 Å². The zero-order chi connectivity index (χ0) is 12.8. The number of methoxy groups -OCH3 is 2. The molecule has 18 heavy (non-hydrogen) atoms. The zero-order valence-corrected chi connectivity index (χ0v) is 10.5. The Labute approximate surface area is 106 Å². The lowest BCUT2D eigenvalue weighted by molar-refractivity contribution is -0.0914. The van der Waals surface area contributed by atoms with Crippen LogP contribution in [-0.4, -0.2) is 36.8 Å². The van der Waals surface area contributed by atoms with Crippen LogP contribution in [0.2, 0.25) is 0 Å². The Morgan fingerprint density at radius 3 is 2.50 bits per heavy atom. The molecular formula is C13H17N3O2. The molecule has 0 aliphatic carbocycles. The second kappa shape index (κ2) is 6.18. The van der Waals surface area contributed by atoms with Gasteiger partial charge in [0.15, 0.2) is 6.29 Å². The number of benzene rings is 1. The van der Waals surface area contributed by atoms with Crippen molar-refractivity contribution in [3.05, 3.63) is 42.7 Å². The summed E-state index contributed by atoms with van der Waals surface area (Å²) in [6, 6.07) is 9.90. The second-order valence-corrected chi connectivity index (χ2v) is 3.78. The third-order valence-corrected chi connectivity index (χ3v) is 2.63. The van der Waals surface area contributed by atoms with E-state index in [0.29, 0.717) is 6.54 Å². The molecule has 0 spiro atoms. The molecule has 1 heterocycles. The van der Waals surface area contributed by atoms with E-state index in [-0.39, 0.29) is 6.29 Å². The molecule has 5 nitrogen and oxygen atoms in total. The number of anilines is 1. The number of rotatable bonds is 6. The van der Waals surface area contributed by atoms with E-state index < -0.39 is 0 Å². The van der Waals surface area contributed by atoms with Gasteiger partial charge in [0, 0.05) is 32.3 Å². The molecule has 1 aromatic heterocycles. The normalized spacial score (nSPS) is 10.8. The van der Waals surface area contributed by atoms with Gasteiger partial charge in [0.25, 0.3) is 0 Å². The van der Waals surface area contributed by atoms with E-state index >= 15 is 0 Å². The van der Waals surface area contributed by atoms with Crippen molar-refractivity contribution in [2.24, 2.45) is 0 Å². The van der Waals surface area contributed by atoms with Crippen LogP contribution in [-0.2, 0) is 9.47 Å². The molecule has 0 aliphatic heterocycles. The van der Waals surface area contributed by atoms with E-state index in [4.69, 9.17) is 9.47 Å². The summed E-state index contributed by atoms with van der Waals surface area (Å²) in [5.41, 5.74) is 2.05. The molecule has 0 saturated heterocycles. The summed E-state index contributed by atoms with van der Waals surface area (Å²) < 4.78 is 12.0. The zero-order valence-electron chi connectivity index (χ0n) is 10.5. The maximum absolute atomic E-state index is 5.10. The van der Waals surface area contributed by atoms with Gasteiger partial charge in [-0.1, -0.05) is 0 Å². The van der Waals surface area contributed by atoms with E-state index in [1.54, 1.807) is 20.4 Å². The van der Waals surface area contributed by atoms with Crippen LogP contribution in [0.15, 0.2) is 42.7 Å². The fraction of sp³-hybridized carbons (Fsp3) is 0.308. The highest BCUT2D eigenvalue weighted by Crippen LogP contribution is 2.12. The predicted molar refractivity (Wildman–Crippen MR) is 69.9 cm³/mol. The Kier molecular flexibility index (Phi) is 4.33. The van der Waals surface area contributed by atoms with Crippen molar-refractivity contribution in [3.8, 4) is 5.69 Å². The average Bonchev–Trinajstić information content (AvgIpc) is 2.94. The number of nitrogens with zero attached hydrogens (tertiary/aromatic N) is 2. The lowest BCUT2D eigenvalue weighted by atomic mass is 10.3. The third kappa shape index (κ3) is 3.09. The van der Waals surface area contributed by atoms with Crippen LogP contribution in [0.1, 0.15) is 0 Å². The average molecular weight is 247 g/mol. The topological polar surface area (TPSA) is 48.3 Å². The van der Waals surface area contributed by atoms with Crippen molar-refractivity contribution in [3.63, 3.8) is 0 Å². The molecule has 0 saturated carbocycles. The summed E-state index contributed by atoms with van der Waals surface area (Å²) in [5.74, 6) is 0. The molecule has 0 atom stereocenters. The summed E-state index contributed by atoms with van der Waals surface area (Å²) >= 11 is 0. The van der Waals surface area contributed by atoms with E-state index in [9.17, 15) is 0 Å². The van der Waals surface area contributed by atoms with Gasteiger partial charge in [-0.15, -0.1) is 0 Å². The van der Waals surface area contributed by atoms with Crippen LogP contribution in [0, 0.1) is 0 Å². The minimum Gasteiger partial charge on any atom is -0.380 e. The molecule has 0 aliphatic rings. The van der Waals surface area contributed by atoms with Crippen molar-refractivity contribution < 1.29 is 9.47 Å². The first kappa shape index (κ1) is 12.6. The van der Waals surface area contributed by atoms with Crippen LogP contribution < -0.4 is 5.32 Å². The number of hydrogen-bond donors (Lipinski definition) is 1. The van der Waals surface area contributed by atoms with Gasteiger partial charge >= 0.3 is 0 Å². The van der Waals surface area contributed by atoms with Crippen molar-refractivity contribution in [1.29, 1.82) is 0 Å². The largest absolute Gasteiger partial charge is 0.380 e. The van der Waals surface area contributed by atoms with Crippen LogP contribution in [0.4, 0.5) is 5.69 Å². The first-order valence-corrected chi connectivity index (χ1v) is 5.73. The Balaban J connectivity index is 1.96. The highest BCUT2D eigenvalue weighted by Gasteiger charge is 2.04. The Morgan fingerprint density at radius 1 is 1.22 bits per heavy atom. The van der Waals surface area contributed by atoms with Crippen LogP contribution in [0.5, 0.6) is 0 Å². The highest BCUT2D eigenvalue weighted by atomic mass is 16.7. The maximum atomic E-state index is 5.10. The minimum atomic E-state index is -0.240. The molecule has 0 fully saturated rings. The smallest absolute Gasteiger partial charge is 0.173 e. The molecule has 1 N–H and O–H groups in total. The van der Waals surface area contributed by atoms with Gasteiger partial charge < -0.3 is 14.8 Å². The van der Waals surface area contributed by atoms with Gasteiger partial charge in [0.05, 0.1) is 12.2 Å². The van der Waals surface area contributed by atoms with Crippen molar-refractivity contribution in [2.45, 2.75) is 6.29 Å². The Bertz CT molecular complexity index is 450. The third-order valence-electron chi connectivity index (χ3n) is 2.63. The van der Waals surface area contributed by atoms with Gasteiger partial charge in [-0.25, -0.2) is 4.68 Å². The second-order valence-electron chi connectivity index (χ2n) is 3.78. The monoisotopic (exact) mass is 247 g/mol. The van der Waals surface area contributed by atoms with Crippen LogP contribution >= 0.6 is 0 Å². The summed E-state index contributed by atoms with van der Waals surface area (Å²) in [4.78, 5) is 0. The van der Waals surface area contributed by atoms with Crippen LogP contribution in [0.3, 0.4) is 0 Å². The molecule has 2 rings (SSSR count). The number of ether oxygens (including phenoxy) is 2. The predicted octanol–water partition coefficient (Wildman–Crippen LogP) is 1.90. The molecule has 5 heteroatoms. The van der Waals surface area contributed by atoms with E-state index in [2.05, 4.69) is 10.4 Å². The summed E-state index contributed by atoms with van der Waals surface area (Å²) in [6.07, 6.45) is 3.43. The lowest BCUT2D eigenvalue weighted by Crippen LogP contribution is -2.23. The van der Waals surface area contributed by atoms with Crippen molar-refractivity contribution in [1.82, 2.24) is 9.78 Å². The number of nitrogens with one attached hydrogen (secondary N) is 1. The minimum absolute atomic E-state index is 0.240. The van der Waals surface area contributed by atoms with E-state index in [1.165, 1.54) is 0 Å². The Hall–Kier alpha value is -1.85. The first-order chi connectivity index (χ1) is 8.83. The van der Waals surface area contributed by atoms with E-state index in [1.807, 2.05) is 41.2 Å². The van der Waals surface area contributed by atoms with E-state index in [0.717, 1.165) is 11.4 Å². The molecule has 2 aromatic rings. The van der Waals surface area contributed by atoms with Crippen LogP contribution in [0.25, 0.3) is 5.69 Å². The standard InChI is InChI=1S/C13H17N3O2/c1-17-13(18-2)10-14-11-4-6-12(7-5-11)16-9-3-8-15-16/h3-9,13-14H,10H2,1-2H3. The number of hydrogen-bond acceptors (Lipinski definition) is 4. The fourth-order valence-electron chi connectivity index (χ4n) is 1.62. The lowest BCUT2D eigenvalue weighted by Gasteiger charge is -2.15. The molecule has 0 amide bonds. The SMILES string of the molecule is COC(CNc1ccc(-n2cccn2)cc1)OC. The number of aromatic nitrogens is 2. The highest BCUT2D eigenvalue weighted by molar-refractivity contribution is 5.48. The quantitative estimate of drug-likeness (QED) is 0.792. The summed E-state index contributed by atoms with van der Waals surface area (Å²) in [6.45, 7) is 0.605. The fourth-order valence-corrected chi connectivity index (χ4v) is 1.62.